The maximum atomic E-state index is 12.7. The fourth-order valence-corrected chi connectivity index (χ4v) is 3.18. The van der Waals surface area contributed by atoms with Crippen LogP contribution in [0.4, 0.5) is 0 Å². The van der Waals surface area contributed by atoms with Gasteiger partial charge in [0.1, 0.15) is 0 Å². The summed E-state index contributed by atoms with van der Waals surface area (Å²) >= 11 is 4.97. The smallest absolute Gasteiger partial charge is 0.253 e. The zero-order valence-corrected chi connectivity index (χ0v) is 15.2. The molecule has 120 valence electrons. The molecule has 3 nitrogen and oxygen atoms in total. The number of hydrogen-bond donors (Lipinski definition) is 1. The molecule has 1 aromatic carbocycles. The number of benzene rings is 1. The van der Waals surface area contributed by atoms with E-state index in [1.807, 2.05) is 66.1 Å². The summed E-state index contributed by atoms with van der Waals surface area (Å²) in [4.78, 5) is 17.8. The first-order valence-corrected chi connectivity index (χ1v) is 9.09. The molecular formula is C19H15BrN2OS. The average molecular weight is 399 g/mol. The Labute approximate surface area is 153 Å². The average Bonchev–Trinajstić information content (AvgIpc) is 3.14. The number of amides is 1. The molecule has 0 aliphatic heterocycles. The van der Waals surface area contributed by atoms with E-state index in [2.05, 4.69) is 26.2 Å². The summed E-state index contributed by atoms with van der Waals surface area (Å²) in [5, 5.41) is 4.92. The Morgan fingerprint density at radius 1 is 1.12 bits per heavy atom. The Bertz CT molecular complexity index is 828. The number of hydrogen-bond acceptors (Lipinski definition) is 3. The molecule has 0 unspecified atom stereocenters. The molecule has 0 saturated heterocycles. The van der Waals surface area contributed by atoms with E-state index in [0.29, 0.717) is 12.1 Å². The number of halogens is 1. The van der Waals surface area contributed by atoms with Gasteiger partial charge in [0.05, 0.1) is 17.8 Å². The molecule has 0 spiro atoms. The van der Waals surface area contributed by atoms with Crippen molar-refractivity contribution in [2.45, 2.75) is 6.54 Å². The van der Waals surface area contributed by atoms with Crippen LogP contribution in [0.15, 0.2) is 70.6 Å². The van der Waals surface area contributed by atoms with Gasteiger partial charge in [0.2, 0.25) is 0 Å². The highest BCUT2D eigenvalue weighted by Gasteiger charge is 2.13. The Morgan fingerprint density at radius 3 is 2.62 bits per heavy atom. The molecule has 0 aliphatic carbocycles. The lowest BCUT2D eigenvalue weighted by Gasteiger charge is -2.08. The van der Waals surface area contributed by atoms with E-state index in [9.17, 15) is 4.79 Å². The molecule has 1 amide bonds. The molecule has 0 radical (unpaired) electrons. The van der Waals surface area contributed by atoms with Crippen LogP contribution in [0.1, 0.15) is 16.1 Å². The monoisotopic (exact) mass is 398 g/mol. The van der Waals surface area contributed by atoms with Gasteiger partial charge < -0.3 is 5.32 Å². The molecule has 0 atom stereocenters. The highest BCUT2D eigenvalue weighted by molar-refractivity contribution is 9.10. The van der Waals surface area contributed by atoms with Crippen molar-refractivity contribution in [3.8, 4) is 0 Å². The van der Waals surface area contributed by atoms with Crippen molar-refractivity contribution in [1.82, 2.24) is 10.3 Å². The van der Waals surface area contributed by atoms with Crippen molar-refractivity contribution in [2.75, 3.05) is 0 Å². The van der Waals surface area contributed by atoms with E-state index in [4.69, 9.17) is 0 Å². The van der Waals surface area contributed by atoms with Crippen LogP contribution in [-0.4, -0.2) is 10.9 Å². The topological polar surface area (TPSA) is 42.0 Å². The maximum absolute atomic E-state index is 12.7. The summed E-state index contributed by atoms with van der Waals surface area (Å²) < 4.78 is 1.01. The SMILES string of the molecule is O=C(NCc1ccccn1)/C(=C/c1ccc(Br)cc1)c1cccs1. The molecule has 0 bridgehead atoms. The van der Waals surface area contributed by atoms with Crippen molar-refractivity contribution >= 4 is 44.8 Å². The predicted octanol–water partition coefficient (Wildman–Crippen LogP) is 4.76. The number of thiophene rings is 1. The van der Waals surface area contributed by atoms with Crippen molar-refractivity contribution in [1.29, 1.82) is 0 Å². The van der Waals surface area contributed by atoms with Gasteiger partial charge in [0.15, 0.2) is 0 Å². The minimum absolute atomic E-state index is 0.106. The summed E-state index contributed by atoms with van der Waals surface area (Å²) in [6, 6.07) is 17.4. The lowest BCUT2D eigenvalue weighted by molar-refractivity contribution is -0.115. The fourth-order valence-electron chi connectivity index (χ4n) is 2.17. The summed E-state index contributed by atoms with van der Waals surface area (Å²) in [6.45, 7) is 0.405. The second-order valence-corrected chi connectivity index (χ2v) is 6.95. The number of nitrogens with zero attached hydrogens (tertiary/aromatic N) is 1. The number of nitrogens with one attached hydrogen (secondary N) is 1. The number of rotatable bonds is 5. The lowest BCUT2D eigenvalue weighted by atomic mass is 10.1. The first-order chi connectivity index (χ1) is 11.7. The minimum atomic E-state index is -0.106. The molecule has 3 rings (SSSR count). The van der Waals surface area contributed by atoms with Crippen LogP contribution in [-0.2, 0) is 11.3 Å². The van der Waals surface area contributed by atoms with Crippen molar-refractivity contribution < 1.29 is 4.79 Å². The van der Waals surface area contributed by atoms with Gasteiger partial charge in [-0.05, 0) is 47.4 Å². The van der Waals surface area contributed by atoms with E-state index < -0.39 is 0 Å². The number of carbonyl (C=O) groups is 1. The summed E-state index contributed by atoms with van der Waals surface area (Å²) in [5.41, 5.74) is 2.47. The molecule has 0 fully saturated rings. The Balaban J connectivity index is 1.82. The fraction of sp³-hybridized carbons (Fsp3) is 0.0526. The second-order valence-electron chi connectivity index (χ2n) is 5.09. The Kier molecular flexibility index (Phi) is 5.56. The second kappa shape index (κ2) is 8.04. The Hall–Kier alpha value is -2.24. The van der Waals surface area contributed by atoms with Crippen LogP contribution in [0, 0.1) is 0 Å². The maximum Gasteiger partial charge on any atom is 0.253 e. The van der Waals surface area contributed by atoms with E-state index >= 15 is 0 Å². The van der Waals surface area contributed by atoms with Crippen molar-refractivity contribution in [2.24, 2.45) is 0 Å². The van der Waals surface area contributed by atoms with Crippen LogP contribution < -0.4 is 5.32 Å². The third-order valence-electron chi connectivity index (χ3n) is 3.37. The summed E-state index contributed by atoms with van der Waals surface area (Å²) in [6.07, 6.45) is 3.63. The van der Waals surface area contributed by atoms with Gasteiger partial charge in [-0.15, -0.1) is 11.3 Å². The molecule has 0 aliphatic rings. The summed E-state index contributed by atoms with van der Waals surface area (Å²) in [5.74, 6) is -0.106. The quantitative estimate of drug-likeness (QED) is 0.629. The van der Waals surface area contributed by atoms with Crippen LogP contribution >= 0.6 is 27.3 Å². The van der Waals surface area contributed by atoms with Gasteiger partial charge in [-0.2, -0.15) is 0 Å². The third kappa shape index (κ3) is 4.40. The molecule has 3 aromatic rings. The van der Waals surface area contributed by atoms with Gasteiger partial charge in [-0.25, -0.2) is 0 Å². The van der Waals surface area contributed by atoms with Crippen molar-refractivity contribution in [3.63, 3.8) is 0 Å². The van der Waals surface area contributed by atoms with E-state index in [1.54, 1.807) is 17.5 Å². The van der Waals surface area contributed by atoms with Crippen molar-refractivity contribution in [3.05, 3.63) is 86.8 Å². The van der Waals surface area contributed by atoms with Gasteiger partial charge >= 0.3 is 0 Å². The molecule has 0 saturated carbocycles. The molecule has 2 aromatic heterocycles. The molecular weight excluding hydrogens is 384 g/mol. The highest BCUT2D eigenvalue weighted by Crippen LogP contribution is 2.24. The number of pyridine rings is 1. The van der Waals surface area contributed by atoms with Crippen LogP contribution in [0.3, 0.4) is 0 Å². The van der Waals surface area contributed by atoms with Gasteiger partial charge in [0, 0.05) is 15.5 Å². The van der Waals surface area contributed by atoms with E-state index in [1.165, 1.54) is 0 Å². The first-order valence-electron chi connectivity index (χ1n) is 7.41. The molecule has 2 heterocycles. The lowest BCUT2D eigenvalue weighted by Crippen LogP contribution is -2.24. The first kappa shape index (κ1) is 16.6. The third-order valence-corrected chi connectivity index (χ3v) is 4.80. The van der Waals surface area contributed by atoms with Gasteiger partial charge in [-0.3, -0.25) is 9.78 Å². The minimum Gasteiger partial charge on any atom is -0.346 e. The van der Waals surface area contributed by atoms with Gasteiger partial charge in [0.25, 0.3) is 5.91 Å². The zero-order chi connectivity index (χ0) is 16.8. The normalized spacial score (nSPS) is 11.3. The largest absolute Gasteiger partial charge is 0.346 e. The highest BCUT2D eigenvalue weighted by atomic mass is 79.9. The molecule has 24 heavy (non-hydrogen) atoms. The summed E-state index contributed by atoms with van der Waals surface area (Å²) in [7, 11) is 0. The standard InChI is InChI=1S/C19H15BrN2OS/c20-15-8-6-14(7-9-15)12-17(18-5-3-11-24-18)19(23)22-13-16-4-1-2-10-21-16/h1-12H,13H2,(H,22,23)/b17-12+. The van der Waals surface area contributed by atoms with Crippen LogP contribution in [0.25, 0.3) is 11.6 Å². The number of aromatic nitrogens is 1. The molecule has 1 N–H and O–H groups in total. The van der Waals surface area contributed by atoms with Crippen LogP contribution in [0.5, 0.6) is 0 Å². The van der Waals surface area contributed by atoms with Crippen LogP contribution in [0.2, 0.25) is 0 Å². The van der Waals surface area contributed by atoms with Gasteiger partial charge in [-0.1, -0.05) is 40.2 Å². The van der Waals surface area contributed by atoms with E-state index in [-0.39, 0.29) is 5.91 Å². The zero-order valence-electron chi connectivity index (χ0n) is 12.8. The number of carbonyl (C=O) groups excluding carboxylic acids is 1. The van der Waals surface area contributed by atoms with E-state index in [0.717, 1.165) is 20.6 Å². The Morgan fingerprint density at radius 2 is 1.96 bits per heavy atom. The molecule has 5 heteroatoms. The predicted molar refractivity (Wildman–Crippen MR) is 102 cm³/mol.